The highest BCUT2D eigenvalue weighted by Crippen LogP contribution is 2.27. The maximum Gasteiger partial charge on any atom is 0.139 e. The molecule has 2 aliphatic rings. The number of benzene rings is 1. The fourth-order valence-electron chi connectivity index (χ4n) is 4.47. The summed E-state index contributed by atoms with van der Waals surface area (Å²) in [7, 11) is 0. The average Bonchev–Trinajstić information content (AvgIpc) is 3.33. The van der Waals surface area contributed by atoms with Crippen molar-refractivity contribution in [3.05, 3.63) is 54.4 Å². The minimum Gasteiger partial charge on any atom is -0.490 e. The summed E-state index contributed by atoms with van der Waals surface area (Å²) in [6.07, 6.45) is 11.2. The lowest BCUT2D eigenvalue weighted by Crippen LogP contribution is -2.33. The molecule has 162 valence electrons. The molecule has 30 heavy (non-hydrogen) atoms. The second-order valence-corrected chi connectivity index (χ2v) is 8.59. The number of aromatic nitrogens is 1. The molecule has 0 spiro atoms. The van der Waals surface area contributed by atoms with Crippen molar-refractivity contribution >= 4 is 5.69 Å². The maximum absolute atomic E-state index is 5.98. The topological polar surface area (TPSA) is 46.6 Å². The number of rotatable bonds is 10. The number of hydrogen-bond donors (Lipinski definition) is 1. The van der Waals surface area contributed by atoms with Crippen LogP contribution in [-0.2, 0) is 11.3 Å². The number of ether oxygens (including phenoxy) is 2. The first-order chi connectivity index (χ1) is 14.9. The summed E-state index contributed by atoms with van der Waals surface area (Å²) < 4.78 is 11.8. The van der Waals surface area contributed by atoms with Gasteiger partial charge in [-0.05, 0) is 56.6 Å². The molecule has 0 aliphatic carbocycles. The Morgan fingerprint density at radius 3 is 2.73 bits per heavy atom. The van der Waals surface area contributed by atoms with Crippen molar-refractivity contribution in [2.45, 2.75) is 51.2 Å². The van der Waals surface area contributed by atoms with E-state index in [2.05, 4.69) is 45.5 Å². The number of pyridine rings is 1. The molecule has 5 nitrogen and oxygen atoms in total. The van der Waals surface area contributed by atoms with E-state index in [4.69, 9.17) is 9.47 Å². The van der Waals surface area contributed by atoms with E-state index >= 15 is 0 Å². The van der Waals surface area contributed by atoms with Gasteiger partial charge in [-0.1, -0.05) is 30.3 Å². The van der Waals surface area contributed by atoms with E-state index in [1.165, 1.54) is 43.4 Å². The fourth-order valence-corrected chi connectivity index (χ4v) is 4.47. The summed E-state index contributed by atoms with van der Waals surface area (Å²) in [5, 5.41) is 3.48. The standard InChI is InChI=1S/C25H35N3O2/c1-2-6-22(7-3-1)19-29-15-5-8-21-10-13-28(14-11-21)24-16-25(18-26-17-24)30-20-23-9-4-12-27-23/h1-3,6-7,16-18,21,23,27H,4-5,8-15,19-20H2. The molecule has 1 atom stereocenters. The first kappa shape index (κ1) is 21.1. The molecule has 1 aromatic carbocycles. The van der Waals surface area contributed by atoms with Crippen LogP contribution in [0.3, 0.4) is 0 Å². The Balaban J connectivity index is 1.13. The number of nitrogens with zero attached hydrogens (tertiary/aromatic N) is 2. The third-order valence-electron chi connectivity index (χ3n) is 6.30. The Labute approximate surface area is 180 Å². The maximum atomic E-state index is 5.98. The molecule has 3 heterocycles. The van der Waals surface area contributed by atoms with Crippen molar-refractivity contribution in [1.82, 2.24) is 10.3 Å². The number of nitrogens with one attached hydrogen (secondary N) is 1. The van der Waals surface area contributed by atoms with Gasteiger partial charge in [0.2, 0.25) is 0 Å². The third-order valence-corrected chi connectivity index (χ3v) is 6.30. The lowest BCUT2D eigenvalue weighted by atomic mass is 9.92. The Kier molecular flexibility index (Phi) is 7.98. The molecule has 1 N–H and O–H groups in total. The highest BCUT2D eigenvalue weighted by molar-refractivity contribution is 5.48. The van der Waals surface area contributed by atoms with Gasteiger partial charge in [0.1, 0.15) is 12.4 Å². The van der Waals surface area contributed by atoms with E-state index in [1.54, 1.807) is 0 Å². The largest absolute Gasteiger partial charge is 0.490 e. The van der Waals surface area contributed by atoms with Gasteiger partial charge >= 0.3 is 0 Å². The van der Waals surface area contributed by atoms with Gasteiger partial charge in [0, 0.05) is 31.8 Å². The first-order valence-electron chi connectivity index (χ1n) is 11.5. The van der Waals surface area contributed by atoms with Crippen molar-refractivity contribution in [2.24, 2.45) is 5.92 Å². The number of hydrogen-bond acceptors (Lipinski definition) is 5. The van der Waals surface area contributed by atoms with Crippen LogP contribution in [0.25, 0.3) is 0 Å². The zero-order valence-corrected chi connectivity index (χ0v) is 18.0. The van der Waals surface area contributed by atoms with Crippen LogP contribution >= 0.6 is 0 Å². The minimum atomic E-state index is 0.487. The molecule has 0 radical (unpaired) electrons. The molecule has 2 aromatic rings. The monoisotopic (exact) mass is 409 g/mol. The van der Waals surface area contributed by atoms with E-state index < -0.39 is 0 Å². The average molecular weight is 410 g/mol. The fraction of sp³-hybridized carbons (Fsp3) is 0.560. The lowest BCUT2D eigenvalue weighted by Gasteiger charge is -2.33. The molecule has 5 heteroatoms. The molecule has 0 amide bonds. The zero-order chi connectivity index (χ0) is 20.4. The second-order valence-electron chi connectivity index (χ2n) is 8.59. The van der Waals surface area contributed by atoms with Crippen LogP contribution in [0.15, 0.2) is 48.8 Å². The summed E-state index contributed by atoms with van der Waals surface area (Å²) in [5.41, 5.74) is 2.45. The highest BCUT2D eigenvalue weighted by Gasteiger charge is 2.20. The van der Waals surface area contributed by atoms with Crippen molar-refractivity contribution in [2.75, 3.05) is 37.7 Å². The van der Waals surface area contributed by atoms with Crippen LogP contribution in [0.5, 0.6) is 5.75 Å². The van der Waals surface area contributed by atoms with E-state index in [0.717, 1.165) is 57.5 Å². The first-order valence-corrected chi connectivity index (χ1v) is 11.5. The summed E-state index contributed by atoms with van der Waals surface area (Å²) in [6, 6.07) is 13.1. The van der Waals surface area contributed by atoms with Gasteiger partial charge in [-0.15, -0.1) is 0 Å². The Hall–Kier alpha value is -2.11. The summed E-state index contributed by atoms with van der Waals surface area (Å²) in [6.45, 7) is 5.63. The van der Waals surface area contributed by atoms with Gasteiger partial charge in [-0.2, -0.15) is 0 Å². The number of piperidine rings is 1. The van der Waals surface area contributed by atoms with Crippen LogP contribution in [0.4, 0.5) is 5.69 Å². The predicted molar refractivity (Wildman–Crippen MR) is 121 cm³/mol. The molecule has 4 rings (SSSR count). The van der Waals surface area contributed by atoms with E-state index in [1.807, 2.05) is 18.5 Å². The van der Waals surface area contributed by atoms with E-state index in [0.29, 0.717) is 6.04 Å². The van der Waals surface area contributed by atoms with Crippen molar-refractivity contribution in [3.63, 3.8) is 0 Å². The molecular formula is C25H35N3O2. The third kappa shape index (κ3) is 6.44. The zero-order valence-electron chi connectivity index (χ0n) is 18.0. The lowest BCUT2D eigenvalue weighted by molar-refractivity contribution is 0.112. The van der Waals surface area contributed by atoms with Crippen LogP contribution in [0, 0.1) is 5.92 Å². The molecule has 0 saturated carbocycles. The van der Waals surface area contributed by atoms with Gasteiger partial charge < -0.3 is 19.7 Å². The van der Waals surface area contributed by atoms with Gasteiger partial charge in [-0.3, -0.25) is 4.98 Å². The van der Waals surface area contributed by atoms with Gasteiger partial charge in [-0.25, -0.2) is 0 Å². The number of anilines is 1. The Morgan fingerprint density at radius 1 is 1.07 bits per heavy atom. The Morgan fingerprint density at radius 2 is 1.93 bits per heavy atom. The summed E-state index contributed by atoms with van der Waals surface area (Å²) in [5.74, 6) is 1.70. The van der Waals surface area contributed by atoms with Gasteiger partial charge in [0.05, 0.1) is 24.7 Å². The van der Waals surface area contributed by atoms with Crippen LogP contribution in [0.2, 0.25) is 0 Å². The smallest absolute Gasteiger partial charge is 0.139 e. The predicted octanol–water partition coefficient (Wildman–Crippen LogP) is 4.43. The molecule has 2 fully saturated rings. The van der Waals surface area contributed by atoms with Crippen molar-refractivity contribution in [3.8, 4) is 5.75 Å². The van der Waals surface area contributed by atoms with Crippen LogP contribution in [0.1, 0.15) is 44.1 Å². The Bertz CT molecular complexity index is 741. The molecule has 0 bridgehead atoms. The van der Waals surface area contributed by atoms with Gasteiger partial charge in [0.25, 0.3) is 0 Å². The molecule has 1 aromatic heterocycles. The molecular weight excluding hydrogens is 374 g/mol. The minimum absolute atomic E-state index is 0.487. The highest BCUT2D eigenvalue weighted by atomic mass is 16.5. The molecule has 1 unspecified atom stereocenters. The summed E-state index contributed by atoms with van der Waals surface area (Å²) >= 11 is 0. The van der Waals surface area contributed by atoms with E-state index in [-0.39, 0.29) is 0 Å². The van der Waals surface area contributed by atoms with Gasteiger partial charge in [0.15, 0.2) is 0 Å². The summed E-state index contributed by atoms with van der Waals surface area (Å²) in [4.78, 5) is 6.87. The molecule has 2 saturated heterocycles. The van der Waals surface area contributed by atoms with Crippen LogP contribution < -0.4 is 15.0 Å². The molecule has 2 aliphatic heterocycles. The second kappa shape index (κ2) is 11.3. The normalized spacial score (nSPS) is 19.9. The van der Waals surface area contributed by atoms with Crippen molar-refractivity contribution < 1.29 is 9.47 Å². The quantitative estimate of drug-likeness (QED) is 0.589. The van der Waals surface area contributed by atoms with E-state index in [9.17, 15) is 0 Å². The van der Waals surface area contributed by atoms with Crippen LogP contribution in [-0.4, -0.2) is 43.9 Å². The van der Waals surface area contributed by atoms with Crippen molar-refractivity contribution in [1.29, 1.82) is 0 Å². The SMILES string of the molecule is c1ccc(COCCCC2CCN(c3cncc(OCC4CCCN4)c3)CC2)cc1.